The first-order valence-corrected chi connectivity index (χ1v) is 8.35. The second kappa shape index (κ2) is 7.83. The lowest BCUT2D eigenvalue weighted by molar-refractivity contribution is 0.0960. The molecule has 0 aromatic heterocycles. The minimum Gasteiger partial charge on any atom is -0.505 e. The fraction of sp³-hybridized carbons (Fsp3) is 0.389. The molecule has 1 atom stereocenters. The van der Waals surface area contributed by atoms with E-state index in [0.717, 1.165) is 19.3 Å². The van der Waals surface area contributed by atoms with E-state index in [0.29, 0.717) is 0 Å². The van der Waals surface area contributed by atoms with Crippen LogP contribution in [0.2, 0.25) is 0 Å². The maximum Gasteiger partial charge on any atom is 0.254 e. The normalized spacial score (nSPS) is 12.0. The molecular formula is C18H23N3O4. The van der Waals surface area contributed by atoms with Crippen LogP contribution in [0.5, 0.6) is 5.75 Å². The summed E-state index contributed by atoms with van der Waals surface area (Å²) in [6.45, 7) is 4.05. The Bertz CT molecular complexity index is 837. The largest absolute Gasteiger partial charge is 0.505 e. The Kier molecular flexibility index (Phi) is 5.80. The van der Waals surface area contributed by atoms with Crippen molar-refractivity contribution < 1.29 is 9.90 Å². The molecule has 1 unspecified atom stereocenters. The first kappa shape index (κ1) is 18.5. The standard InChI is InChI=1S/C18H23N3O4/c1-4-7-10(5-2)20-13-14(17(24)16(13)23)21-12-9-6-8-11(15(12)22)18(25)19-3/h6,8-10,20-22H,4-5,7H2,1-3H3,(H,19,25). The van der Waals surface area contributed by atoms with Gasteiger partial charge in [-0.05, 0) is 25.0 Å². The number of anilines is 3. The average molecular weight is 345 g/mol. The van der Waals surface area contributed by atoms with Gasteiger partial charge in [-0.1, -0.05) is 26.3 Å². The van der Waals surface area contributed by atoms with Crippen molar-refractivity contribution in [2.45, 2.75) is 39.2 Å². The Morgan fingerprint density at radius 1 is 1.16 bits per heavy atom. The fourth-order valence-corrected chi connectivity index (χ4v) is 2.68. The van der Waals surface area contributed by atoms with Crippen LogP contribution in [0.4, 0.5) is 17.1 Å². The predicted octanol–water partition coefficient (Wildman–Crippen LogP) is 2.08. The summed E-state index contributed by atoms with van der Waals surface area (Å²) in [5.41, 5.74) is -0.588. The lowest BCUT2D eigenvalue weighted by atomic mass is 10.1. The average Bonchev–Trinajstić information content (AvgIpc) is 2.63. The molecule has 7 nitrogen and oxygen atoms in total. The van der Waals surface area contributed by atoms with Crippen LogP contribution in [0, 0.1) is 0 Å². The van der Waals surface area contributed by atoms with Gasteiger partial charge < -0.3 is 21.1 Å². The number of carbonyl (C=O) groups excluding carboxylic acids is 1. The fourth-order valence-electron chi connectivity index (χ4n) is 2.68. The van der Waals surface area contributed by atoms with E-state index in [1.807, 2.05) is 13.8 Å². The SMILES string of the molecule is CCCC(CC)Nc1c(Nc2cccc(C(=O)NC)c2O)c(=O)c1=O. The van der Waals surface area contributed by atoms with Crippen LogP contribution in [-0.2, 0) is 0 Å². The van der Waals surface area contributed by atoms with Gasteiger partial charge >= 0.3 is 0 Å². The van der Waals surface area contributed by atoms with Crippen LogP contribution in [0.25, 0.3) is 0 Å². The minimum atomic E-state index is -0.640. The van der Waals surface area contributed by atoms with E-state index in [4.69, 9.17) is 0 Å². The molecule has 0 saturated heterocycles. The maximum atomic E-state index is 11.9. The molecule has 2 aromatic rings. The molecule has 134 valence electrons. The Morgan fingerprint density at radius 3 is 2.44 bits per heavy atom. The first-order valence-electron chi connectivity index (χ1n) is 8.35. The van der Waals surface area contributed by atoms with Gasteiger partial charge in [-0.25, -0.2) is 0 Å². The highest BCUT2D eigenvalue weighted by Gasteiger charge is 2.24. The third-order valence-corrected chi connectivity index (χ3v) is 4.16. The Hall–Kier alpha value is -2.83. The molecule has 0 aliphatic rings. The topological polar surface area (TPSA) is 108 Å². The van der Waals surface area contributed by atoms with Gasteiger partial charge in [0.25, 0.3) is 16.8 Å². The van der Waals surface area contributed by atoms with Crippen molar-refractivity contribution in [3.05, 3.63) is 44.2 Å². The van der Waals surface area contributed by atoms with E-state index >= 15 is 0 Å². The Morgan fingerprint density at radius 2 is 1.84 bits per heavy atom. The zero-order chi connectivity index (χ0) is 18.6. The first-order chi connectivity index (χ1) is 11.9. The van der Waals surface area contributed by atoms with Gasteiger partial charge in [0.15, 0.2) is 5.75 Å². The van der Waals surface area contributed by atoms with Gasteiger partial charge in [0.2, 0.25) is 0 Å². The highest BCUT2D eigenvalue weighted by atomic mass is 16.3. The minimum absolute atomic E-state index is 0.0816. The molecule has 0 aliphatic heterocycles. The Balaban J connectivity index is 2.31. The number of benzene rings is 1. The summed E-state index contributed by atoms with van der Waals surface area (Å²) in [7, 11) is 1.46. The van der Waals surface area contributed by atoms with Crippen LogP contribution in [0.1, 0.15) is 43.5 Å². The zero-order valence-electron chi connectivity index (χ0n) is 14.6. The summed E-state index contributed by atoms with van der Waals surface area (Å²) in [6, 6.07) is 4.68. The summed E-state index contributed by atoms with van der Waals surface area (Å²) in [5.74, 6) is -0.722. The number of para-hydroxylation sites is 1. The number of phenols is 1. The van der Waals surface area contributed by atoms with E-state index in [2.05, 4.69) is 16.0 Å². The summed E-state index contributed by atoms with van der Waals surface area (Å²) in [5, 5.41) is 18.6. The second-order valence-electron chi connectivity index (χ2n) is 5.85. The number of carbonyl (C=O) groups is 1. The number of nitrogens with one attached hydrogen (secondary N) is 3. The number of hydrogen-bond acceptors (Lipinski definition) is 6. The van der Waals surface area contributed by atoms with Crippen LogP contribution < -0.4 is 26.8 Å². The summed E-state index contributed by atoms with van der Waals surface area (Å²) in [4.78, 5) is 35.6. The van der Waals surface area contributed by atoms with Gasteiger partial charge in [-0.15, -0.1) is 0 Å². The van der Waals surface area contributed by atoms with Crippen molar-refractivity contribution in [2.75, 3.05) is 17.7 Å². The lowest BCUT2D eigenvalue weighted by Crippen LogP contribution is -2.39. The molecule has 4 N–H and O–H groups in total. The molecule has 25 heavy (non-hydrogen) atoms. The van der Waals surface area contributed by atoms with E-state index in [1.165, 1.54) is 19.2 Å². The van der Waals surface area contributed by atoms with Gasteiger partial charge in [-0.2, -0.15) is 0 Å². The third-order valence-electron chi connectivity index (χ3n) is 4.16. The molecule has 2 rings (SSSR count). The molecule has 0 saturated carbocycles. The summed E-state index contributed by atoms with van der Waals surface area (Å²) >= 11 is 0. The van der Waals surface area contributed by atoms with Gasteiger partial charge in [0, 0.05) is 13.1 Å². The van der Waals surface area contributed by atoms with Crippen molar-refractivity contribution in [3.8, 4) is 5.75 Å². The van der Waals surface area contributed by atoms with Crippen LogP contribution in [-0.4, -0.2) is 24.1 Å². The zero-order valence-corrected chi connectivity index (χ0v) is 14.6. The van der Waals surface area contributed by atoms with Crippen LogP contribution in [0.3, 0.4) is 0 Å². The molecule has 7 heteroatoms. The number of aromatic hydroxyl groups is 1. The molecule has 0 radical (unpaired) electrons. The molecule has 0 heterocycles. The summed E-state index contributed by atoms with van der Waals surface area (Å²) in [6.07, 6.45) is 2.66. The van der Waals surface area contributed by atoms with Crippen molar-refractivity contribution >= 4 is 23.0 Å². The van der Waals surface area contributed by atoms with Crippen molar-refractivity contribution in [3.63, 3.8) is 0 Å². The van der Waals surface area contributed by atoms with Gasteiger partial charge in [0.05, 0.1) is 11.3 Å². The van der Waals surface area contributed by atoms with Gasteiger partial charge in [0.1, 0.15) is 11.4 Å². The van der Waals surface area contributed by atoms with Crippen molar-refractivity contribution in [2.24, 2.45) is 0 Å². The highest BCUT2D eigenvalue weighted by Crippen LogP contribution is 2.31. The molecule has 0 bridgehead atoms. The summed E-state index contributed by atoms with van der Waals surface area (Å²) < 4.78 is 0. The molecule has 2 aromatic carbocycles. The van der Waals surface area contributed by atoms with E-state index in [9.17, 15) is 19.5 Å². The molecule has 0 aliphatic carbocycles. The predicted molar refractivity (Wildman–Crippen MR) is 98.7 cm³/mol. The van der Waals surface area contributed by atoms with Crippen LogP contribution in [0.15, 0.2) is 27.8 Å². The second-order valence-corrected chi connectivity index (χ2v) is 5.85. The van der Waals surface area contributed by atoms with E-state index < -0.39 is 16.8 Å². The number of rotatable bonds is 8. The monoisotopic (exact) mass is 345 g/mol. The quantitative estimate of drug-likeness (QED) is 0.431. The third kappa shape index (κ3) is 3.65. The number of hydrogen-bond donors (Lipinski definition) is 4. The highest BCUT2D eigenvalue weighted by molar-refractivity contribution is 5.99. The maximum absolute atomic E-state index is 11.9. The van der Waals surface area contributed by atoms with Gasteiger partial charge in [-0.3, -0.25) is 14.4 Å². The van der Waals surface area contributed by atoms with Crippen molar-refractivity contribution in [1.29, 1.82) is 0 Å². The van der Waals surface area contributed by atoms with E-state index in [1.54, 1.807) is 6.07 Å². The van der Waals surface area contributed by atoms with E-state index in [-0.39, 0.29) is 34.4 Å². The molecule has 0 spiro atoms. The lowest BCUT2D eigenvalue weighted by Gasteiger charge is -2.21. The Labute approximate surface area is 145 Å². The molecular weight excluding hydrogens is 322 g/mol. The number of amides is 1. The van der Waals surface area contributed by atoms with Crippen LogP contribution >= 0.6 is 0 Å². The number of phenolic OH excluding ortho intramolecular Hbond substituents is 1. The smallest absolute Gasteiger partial charge is 0.254 e. The molecule has 1 amide bonds. The molecule has 0 fully saturated rings. The van der Waals surface area contributed by atoms with Crippen molar-refractivity contribution in [1.82, 2.24) is 5.32 Å².